The van der Waals surface area contributed by atoms with E-state index in [4.69, 9.17) is 4.74 Å². The van der Waals surface area contributed by atoms with E-state index in [0.717, 1.165) is 6.07 Å². The van der Waals surface area contributed by atoms with Crippen molar-refractivity contribution in [3.05, 3.63) is 72.6 Å². The van der Waals surface area contributed by atoms with Crippen LogP contribution in [0, 0.1) is 0 Å². The summed E-state index contributed by atoms with van der Waals surface area (Å²) in [5.74, 6) is 1.18. The number of piperazine rings is 1. The largest absolute Gasteiger partial charge is 0.457 e. The van der Waals surface area contributed by atoms with Crippen molar-refractivity contribution in [1.29, 1.82) is 0 Å². The number of ether oxygens (including phenoxy) is 1. The van der Waals surface area contributed by atoms with E-state index >= 15 is 0 Å². The molecule has 34 heavy (non-hydrogen) atoms. The summed E-state index contributed by atoms with van der Waals surface area (Å²) in [4.78, 5) is 20.1. The molecule has 0 unspecified atom stereocenters. The third kappa shape index (κ3) is 5.96. The fraction of sp³-hybridized carbons (Fsp3) is 0.250. The SMILES string of the molecule is CN1CCN(c2ccc(NC(=O)Nc3ccc(Oc4ccncc4)cc3)cc2C(F)(F)F)CC1. The minimum Gasteiger partial charge on any atom is -0.457 e. The molecule has 7 nitrogen and oxygen atoms in total. The Morgan fingerprint density at radius 2 is 1.47 bits per heavy atom. The normalized spacial score (nSPS) is 14.5. The predicted octanol–water partition coefficient (Wildman–Crippen LogP) is 5.29. The number of aromatic nitrogens is 1. The molecule has 1 aliphatic rings. The molecule has 1 saturated heterocycles. The first-order valence-electron chi connectivity index (χ1n) is 10.7. The zero-order chi connectivity index (χ0) is 24.1. The highest BCUT2D eigenvalue weighted by Crippen LogP contribution is 2.38. The zero-order valence-electron chi connectivity index (χ0n) is 18.5. The Morgan fingerprint density at radius 3 is 2.12 bits per heavy atom. The number of benzene rings is 2. The Balaban J connectivity index is 1.41. The number of hydrogen-bond acceptors (Lipinski definition) is 5. The second-order valence-electron chi connectivity index (χ2n) is 7.91. The molecule has 0 atom stereocenters. The van der Waals surface area contributed by atoms with Gasteiger partial charge in [0.15, 0.2) is 0 Å². The van der Waals surface area contributed by atoms with Crippen LogP contribution in [0.2, 0.25) is 0 Å². The van der Waals surface area contributed by atoms with Crippen molar-refractivity contribution in [2.24, 2.45) is 0 Å². The molecule has 4 rings (SSSR count). The van der Waals surface area contributed by atoms with E-state index < -0.39 is 17.8 Å². The zero-order valence-corrected chi connectivity index (χ0v) is 18.5. The molecule has 3 aromatic rings. The maximum atomic E-state index is 13.8. The topological polar surface area (TPSA) is 69.7 Å². The average molecular weight is 471 g/mol. The quantitative estimate of drug-likeness (QED) is 0.529. The molecule has 2 aromatic carbocycles. The van der Waals surface area contributed by atoms with Crippen LogP contribution in [0.5, 0.6) is 11.5 Å². The maximum absolute atomic E-state index is 13.8. The highest BCUT2D eigenvalue weighted by atomic mass is 19.4. The van der Waals surface area contributed by atoms with E-state index in [2.05, 4.69) is 20.5 Å². The number of urea groups is 1. The van der Waals surface area contributed by atoms with E-state index in [1.807, 2.05) is 7.05 Å². The molecule has 10 heteroatoms. The minimum atomic E-state index is -4.54. The van der Waals surface area contributed by atoms with Gasteiger partial charge in [0.1, 0.15) is 11.5 Å². The number of nitrogens with zero attached hydrogens (tertiary/aromatic N) is 3. The number of likely N-dealkylation sites (N-methyl/N-ethyl adjacent to an activating group) is 1. The number of hydrogen-bond donors (Lipinski definition) is 2. The lowest BCUT2D eigenvalue weighted by atomic mass is 10.1. The van der Waals surface area contributed by atoms with Gasteiger partial charge in [-0.25, -0.2) is 4.79 Å². The van der Waals surface area contributed by atoms with Crippen LogP contribution in [-0.2, 0) is 6.18 Å². The molecule has 1 aliphatic heterocycles. The van der Waals surface area contributed by atoms with Gasteiger partial charge < -0.3 is 25.2 Å². The number of carbonyl (C=O) groups excluding carboxylic acids is 1. The summed E-state index contributed by atoms with van der Waals surface area (Å²) in [5, 5.41) is 5.09. The molecular formula is C24H24F3N5O2. The molecule has 0 spiro atoms. The summed E-state index contributed by atoms with van der Waals surface area (Å²) in [6, 6.07) is 13.2. The van der Waals surface area contributed by atoms with Crippen molar-refractivity contribution in [2.75, 3.05) is 48.8 Å². The molecule has 1 aromatic heterocycles. The van der Waals surface area contributed by atoms with Gasteiger partial charge in [0, 0.05) is 55.6 Å². The third-order valence-electron chi connectivity index (χ3n) is 5.40. The molecule has 2 N–H and O–H groups in total. The van der Waals surface area contributed by atoms with E-state index in [0.29, 0.717) is 43.4 Å². The molecule has 2 heterocycles. The van der Waals surface area contributed by atoms with Gasteiger partial charge in [0.25, 0.3) is 0 Å². The van der Waals surface area contributed by atoms with E-state index in [1.54, 1.807) is 53.7 Å². The lowest BCUT2D eigenvalue weighted by Crippen LogP contribution is -2.45. The number of alkyl halides is 3. The first-order valence-corrected chi connectivity index (χ1v) is 10.7. The van der Waals surface area contributed by atoms with Gasteiger partial charge in [-0.1, -0.05) is 0 Å². The van der Waals surface area contributed by atoms with Crippen LogP contribution in [0.4, 0.5) is 35.0 Å². The Bertz CT molecular complexity index is 1120. The van der Waals surface area contributed by atoms with Crippen LogP contribution in [0.1, 0.15) is 5.56 Å². The fourth-order valence-electron chi connectivity index (χ4n) is 3.61. The Morgan fingerprint density at radius 1 is 0.882 bits per heavy atom. The molecule has 178 valence electrons. The van der Waals surface area contributed by atoms with Crippen LogP contribution in [-0.4, -0.2) is 49.1 Å². The number of rotatable bonds is 5. The molecule has 1 fully saturated rings. The molecule has 0 aliphatic carbocycles. The van der Waals surface area contributed by atoms with Gasteiger partial charge in [-0.15, -0.1) is 0 Å². The lowest BCUT2D eigenvalue weighted by molar-refractivity contribution is -0.137. The van der Waals surface area contributed by atoms with E-state index in [-0.39, 0.29) is 11.4 Å². The number of nitrogens with one attached hydrogen (secondary N) is 2. The van der Waals surface area contributed by atoms with Crippen LogP contribution in [0.3, 0.4) is 0 Å². The summed E-state index contributed by atoms with van der Waals surface area (Å²) < 4.78 is 46.9. The van der Waals surface area contributed by atoms with Crippen molar-refractivity contribution >= 4 is 23.1 Å². The number of carbonyl (C=O) groups is 1. The monoisotopic (exact) mass is 471 g/mol. The highest BCUT2D eigenvalue weighted by Gasteiger charge is 2.35. The Labute approximate surface area is 195 Å². The van der Waals surface area contributed by atoms with Gasteiger partial charge in [-0.2, -0.15) is 13.2 Å². The molecule has 2 amide bonds. The van der Waals surface area contributed by atoms with Crippen LogP contribution >= 0.6 is 0 Å². The van der Waals surface area contributed by atoms with Crippen molar-refractivity contribution in [1.82, 2.24) is 9.88 Å². The average Bonchev–Trinajstić information content (AvgIpc) is 2.81. The predicted molar refractivity (Wildman–Crippen MR) is 125 cm³/mol. The van der Waals surface area contributed by atoms with Gasteiger partial charge in [0.05, 0.1) is 5.56 Å². The van der Waals surface area contributed by atoms with Crippen LogP contribution in [0.25, 0.3) is 0 Å². The first-order chi connectivity index (χ1) is 16.3. The number of anilines is 3. The maximum Gasteiger partial charge on any atom is 0.418 e. The van der Waals surface area contributed by atoms with Crippen molar-refractivity contribution < 1.29 is 22.7 Å². The van der Waals surface area contributed by atoms with Crippen LogP contribution < -0.4 is 20.3 Å². The second-order valence-corrected chi connectivity index (χ2v) is 7.91. The van der Waals surface area contributed by atoms with Crippen LogP contribution in [0.15, 0.2) is 67.0 Å². The number of pyridine rings is 1. The molecule has 0 radical (unpaired) electrons. The summed E-state index contributed by atoms with van der Waals surface area (Å²) >= 11 is 0. The molecular weight excluding hydrogens is 447 g/mol. The van der Waals surface area contributed by atoms with Gasteiger partial charge >= 0.3 is 12.2 Å². The number of amides is 2. The highest BCUT2D eigenvalue weighted by molar-refractivity contribution is 6.00. The van der Waals surface area contributed by atoms with E-state index in [1.165, 1.54) is 12.1 Å². The molecule has 0 bridgehead atoms. The van der Waals surface area contributed by atoms with Gasteiger partial charge in [-0.3, -0.25) is 4.98 Å². The summed E-state index contributed by atoms with van der Waals surface area (Å²) in [7, 11) is 1.94. The second kappa shape index (κ2) is 10.0. The summed E-state index contributed by atoms with van der Waals surface area (Å²) in [6.45, 7) is 2.39. The standard InChI is InChI=1S/C24H24F3N5O2/c1-31-12-14-32(15-13-31)22-7-4-18(16-21(22)24(25,26)27)30-23(33)29-17-2-5-19(6-3-17)34-20-8-10-28-11-9-20/h2-11,16H,12-15H2,1H3,(H2,29,30,33). The summed E-state index contributed by atoms with van der Waals surface area (Å²) in [5.41, 5.74) is -0.131. The van der Waals surface area contributed by atoms with Crippen molar-refractivity contribution in [2.45, 2.75) is 6.18 Å². The van der Waals surface area contributed by atoms with E-state index in [9.17, 15) is 18.0 Å². The molecule has 0 saturated carbocycles. The van der Waals surface area contributed by atoms with Crippen molar-refractivity contribution in [3.63, 3.8) is 0 Å². The summed E-state index contributed by atoms with van der Waals surface area (Å²) in [6.07, 6.45) is -1.33. The third-order valence-corrected chi connectivity index (χ3v) is 5.40. The fourth-order valence-corrected chi connectivity index (χ4v) is 3.61. The first kappa shape index (κ1) is 23.4. The lowest BCUT2D eigenvalue weighted by Gasteiger charge is -2.35. The van der Waals surface area contributed by atoms with Gasteiger partial charge in [-0.05, 0) is 61.6 Å². The Kier molecular flexibility index (Phi) is 6.87. The Hall–Kier alpha value is -3.79. The number of halogens is 3. The van der Waals surface area contributed by atoms with Gasteiger partial charge in [0.2, 0.25) is 0 Å². The van der Waals surface area contributed by atoms with Crippen molar-refractivity contribution in [3.8, 4) is 11.5 Å². The smallest absolute Gasteiger partial charge is 0.418 e. The minimum absolute atomic E-state index is 0.0559.